The third kappa shape index (κ3) is 3.77. The molecule has 2 bridgehead atoms. The number of esters is 1. The number of hydrogen-bond acceptors (Lipinski definition) is 6. The first-order valence-corrected chi connectivity index (χ1v) is 12.0. The van der Waals surface area contributed by atoms with Crippen LogP contribution >= 0.6 is 11.8 Å². The molecule has 5 atom stereocenters. The standard InChI is InChI=1S/C22H34N2O5S/c1-4-7-12-23(11-5-2)20(27)18-22-10-9-15(30-22)16(21(28)29-6-3)17(22)19(26)24(18)13-8-14-25/h5,15-18,25H,2,4,6-14H2,1,3H3/t15-,16+,17+,18?,22?/m1/s1. The highest BCUT2D eigenvalue weighted by atomic mass is 32.2. The first kappa shape index (κ1) is 23.1. The minimum Gasteiger partial charge on any atom is -0.466 e. The second kappa shape index (κ2) is 9.73. The Morgan fingerprint density at radius 3 is 2.80 bits per heavy atom. The number of aliphatic hydroxyl groups excluding tert-OH is 1. The van der Waals surface area contributed by atoms with Gasteiger partial charge in [0.15, 0.2) is 0 Å². The number of amides is 2. The Morgan fingerprint density at radius 1 is 1.40 bits per heavy atom. The summed E-state index contributed by atoms with van der Waals surface area (Å²) < 4.78 is 4.73. The number of aliphatic hydroxyl groups is 1. The molecule has 3 saturated heterocycles. The third-order valence-electron chi connectivity index (χ3n) is 6.59. The van der Waals surface area contributed by atoms with Gasteiger partial charge in [-0.25, -0.2) is 0 Å². The van der Waals surface area contributed by atoms with Gasteiger partial charge in [-0.2, -0.15) is 0 Å². The van der Waals surface area contributed by atoms with Gasteiger partial charge in [0.1, 0.15) is 6.04 Å². The number of unbranched alkanes of at least 4 members (excludes halogenated alkanes) is 1. The van der Waals surface area contributed by atoms with Crippen LogP contribution in [0.1, 0.15) is 46.0 Å². The molecule has 0 aromatic rings. The molecule has 3 aliphatic heterocycles. The van der Waals surface area contributed by atoms with E-state index in [4.69, 9.17) is 4.74 Å². The monoisotopic (exact) mass is 438 g/mol. The predicted octanol–water partition coefficient (Wildman–Crippen LogP) is 1.84. The molecule has 0 aromatic heterocycles. The summed E-state index contributed by atoms with van der Waals surface area (Å²) in [5.74, 6) is -1.53. The molecule has 8 heteroatoms. The Bertz CT molecular complexity index is 686. The molecule has 1 spiro atoms. The highest BCUT2D eigenvalue weighted by Gasteiger charge is 2.74. The number of nitrogens with zero attached hydrogens (tertiary/aromatic N) is 2. The smallest absolute Gasteiger partial charge is 0.310 e. The summed E-state index contributed by atoms with van der Waals surface area (Å²) in [6.07, 6.45) is 5.54. The fourth-order valence-corrected chi connectivity index (χ4v) is 7.59. The van der Waals surface area contributed by atoms with Crippen LogP contribution in [0.15, 0.2) is 12.7 Å². The lowest BCUT2D eigenvalue weighted by molar-refractivity contribution is -0.153. The molecule has 0 saturated carbocycles. The summed E-state index contributed by atoms with van der Waals surface area (Å²) in [7, 11) is 0. The van der Waals surface area contributed by atoms with Crippen molar-refractivity contribution in [3.05, 3.63) is 12.7 Å². The zero-order valence-electron chi connectivity index (χ0n) is 18.0. The fraction of sp³-hybridized carbons (Fsp3) is 0.773. The molecule has 0 radical (unpaired) electrons. The zero-order chi connectivity index (χ0) is 21.9. The van der Waals surface area contributed by atoms with Crippen LogP contribution in [0.3, 0.4) is 0 Å². The summed E-state index contributed by atoms with van der Waals surface area (Å²) in [5.41, 5.74) is 0. The van der Waals surface area contributed by atoms with Gasteiger partial charge >= 0.3 is 5.97 Å². The molecule has 0 aliphatic carbocycles. The molecular formula is C22H34N2O5S. The lowest BCUT2D eigenvalue weighted by Gasteiger charge is -2.37. The van der Waals surface area contributed by atoms with Crippen molar-refractivity contribution >= 4 is 29.5 Å². The Morgan fingerprint density at radius 2 is 2.17 bits per heavy atom. The number of rotatable bonds is 11. The third-order valence-corrected chi connectivity index (χ3v) is 8.54. The average Bonchev–Trinajstić information content (AvgIpc) is 3.36. The molecule has 3 fully saturated rings. The zero-order valence-corrected chi connectivity index (χ0v) is 18.9. The van der Waals surface area contributed by atoms with E-state index >= 15 is 0 Å². The van der Waals surface area contributed by atoms with Crippen molar-refractivity contribution < 1.29 is 24.2 Å². The molecule has 3 heterocycles. The highest BCUT2D eigenvalue weighted by molar-refractivity contribution is 8.02. The predicted molar refractivity (Wildman–Crippen MR) is 116 cm³/mol. The van der Waals surface area contributed by atoms with Crippen molar-refractivity contribution in [2.75, 3.05) is 32.8 Å². The van der Waals surface area contributed by atoms with Crippen molar-refractivity contribution in [3.8, 4) is 0 Å². The first-order chi connectivity index (χ1) is 14.5. The Balaban J connectivity index is 1.97. The average molecular weight is 439 g/mol. The molecule has 3 aliphatic rings. The van der Waals surface area contributed by atoms with Crippen LogP contribution in [0.2, 0.25) is 0 Å². The topological polar surface area (TPSA) is 87.2 Å². The summed E-state index contributed by atoms with van der Waals surface area (Å²) in [6, 6.07) is -0.604. The van der Waals surface area contributed by atoms with E-state index in [9.17, 15) is 19.5 Å². The van der Waals surface area contributed by atoms with Crippen LogP contribution in [0.25, 0.3) is 0 Å². The second-order valence-electron chi connectivity index (χ2n) is 8.34. The van der Waals surface area contributed by atoms with Gasteiger partial charge in [-0.15, -0.1) is 18.3 Å². The van der Waals surface area contributed by atoms with Gasteiger partial charge in [0.2, 0.25) is 11.8 Å². The maximum atomic E-state index is 13.8. The van der Waals surface area contributed by atoms with E-state index in [0.717, 1.165) is 25.7 Å². The van der Waals surface area contributed by atoms with E-state index in [1.165, 1.54) is 0 Å². The molecule has 2 unspecified atom stereocenters. The van der Waals surface area contributed by atoms with Crippen LogP contribution in [0.5, 0.6) is 0 Å². The highest BCUT2D eigenvalue weighted by Crippen LogP contribution is 2.66. The van der Waals surface area contributed by atoms with E-state index in [-0.39, 0.29) is 36.2 Å². The minimum absolute atomic E-state index is 0.0248. The fourth-order valence-electron chi connectivity index (χ4n) is 5.39. The maximum absolute atomic E-state index is 13.8. The summed E-state index contributed by atoms with van der Waals surface area (Å²) in [5, 5.41) is 9.39. The first-order valence-electron chi connectivity index (χ1n) is 11.1. The number of thioether (sulfide) groups is 1. The molecule has 0 aromatic carbocycles. The van der Waals surface area contributed by atoms with Crippen molar-refractivity contribution in [2.24, 2.45) is 11.8 Å². The van der Waals surface area contributed by atoms with Crippen molar-refractivity contribution in [2.45, 2.75) is 62.0 Å². The van der Waals surface area contributed by atoms with Crippen LogP contribution in [-0.4, -0.2) is 81.6 Å². The van der Waals surface area contributed by atoms with E-state index in [0.29, 0.717) is 26.1 Å². The second-order valence-corrected chi connectivity index (χ2v) is 9.94. The molecule has 3 rings (SSSR count). The molecule has 1 N–H and O–H groups in total. The molecule has 7 nitrogen and oxygen atoms in total. The van der Waals surface area contributed by atoms with Gasteiger partial charge < -0.3 is 19.6 Å². The molecule has 168 valence electrons. The van der Waals surface area contributed by atoms with Crippen LogP contribution in [0, 0.1) is 11.8 Å². The van der Waals surface area contributed by atoms with Gasteiger partial charge in [0.25, 0.3) is 0 Å². The number of likely N-dealkylation sites (tertiary alicyclic amines) is 1. The van der Waals surface area contributed by atoms with Crippen molar-refractivity contribution in [1.29, 1.82) is 0 Å². The molecule has 2 amide bonds. The number of fused-ring (bicyclic) bond motifs is 1. The van der Waals surface area contributed by atoms with Crippen LogP contribution < -0.4 is 0 Å². The van der Waals surface area contributed by atoms with Gasteiger partial charge in [0.05, 0.1) is 23.2 Å². The number of ether oxygens (including phenoxy) is 1. The van der Waals surface area contributed by atoms with Crippen LogP contribution in [0.4, 0.5) is 0 Å². The quantitative estimate of drug-likeness (QED) is 0.391. The summed E-state index contributed by atoms with van der Waals surface area (Å²) in [6.45, 7) is 9.25. The number of carbonyl (C=O) groups is 3. The normalized spacial score (nSPS) is 31.7. The SMILES string of the molecule is C=CCN(CCCC)C(=O)C1N(CCCO)C(=O)[C@@H]2[C@@H](C(=O)OCC)[C@H]3CCC12S3. The van der Waals surface area contributed by atoms with Gasteiger partial charge in [0, 0.05) is 31.5 Å². The maximum Gasteiger partial charge on any atom is 0.310 e. The van der Waals surface area contributed by atoms with E-state index in [1.807, 2.05) is 0 Å². The van der Waals surface area contributed by atoms with Gasteiger partial charge in [-0.1, -0.05) is 19.4 Å². The molecule has 30 heavy (non-hydrogen) atoms. The largest absolute Gasteiger partial charge is 0.466 e. The minimum atomic E-state index is -0.604. The number of hydrogen-bond donors (Lipinski definition) is 1. The van der Waals surface area contributed by atoms with Crippen molar-refractivity contribution in [3.63, 3.8) is 0 Å². The molecular weight excluding hydrogens is 404 g/mol. The van der Waals surface area contributed by atoms with Gasteiger partial charge in [-0.3, -0.25) is 14.4 Å². The Kier molecular flexibility index (Phi) is 7.50. The van der Waals surface area contributed by atoms with Crippen molar-refractivity contribution in [1.82, 2.24) is 9.80 Å². The van der Waals surface area contributed by atoms with Gasteiger partial charge in [-0.05, 0) is 32.6 Å². The number of carbonyl (C=O) groups excluding carboxylic acids is 3. The Hall–Kier alpha value is -1.54. The lowest BCUT2D eigenvalue weighted by atomic mass is 9.71. The summed E-state index contributed by atoms with van der Waals surface area (Å²) in [4.78, 5) is 43.5. The Labute approximate surface area is 183 Å². The van der Waals surface area contributed by atoms with Crippen LogP contribution in [-0.2, 0) is 19.1 Å². The summed E-state index contributed by atoms with van der Waals surface area (Å²) >= 11 is 1.65. The van der Waals surface area contributed by atoms with E-state index in [1.54, 1.807) is 34.6 Å². The van der Waals surface area contributed by atoms with E-state index in [2.05, 4.69) is 13.5 Å². The van der Waals surface area contributed by atoms with E-state index < -0.39 is 22.6 Å². The lowest BCUT2D eigenvalue weighted by Crippen LogP contribution is -2.55.